The summed E-state index contributed by atoms with van der Waals surface area (Å²) in [6, 6.07) is 0. The largest absolute Gasteiger partial charge is 0.388 e. The molecule has 1 heterocycles. The second kappa shape index (κ2) is 5.00. The molecule has 5 aliphatic rings. The fourth-order valence-corrected chi connectivity index (χ4v) is 7.70. The first kappa shape index (κ1) is 17.8. The highest BCUT2D eigenvalue weighted by Crippen LogP contribution is 2.76. The molecule has 1 spiro atoms. The molecule has 8 atom stereocenters. The van der Waals surface area contributed by atoms with Crippen LogP contribution in [0.5, 0.6) is 0 Å². The Balaban J connectivity index is 1.60. The Kier molecular flexibility index (Phi) is 3.29. The smallest absolute Gasteiger partial charge is 0.190 e. The first-order chi connectivity index (χ1) is 12.6. The Morgan fingerprint density at radius 3 is 2.78 bits per heavy atom. The van der Waals surface area contributed by atoms with Crippen LogP contribution in [0.4, 0.5) is 0 Å². The van der Waals surface area contributed by atoms with Crippen molar-refractivity contribution in [3.63, 3.8) is 0 Å². The Morgan fingerprint density at radius 2 is 2.07 bits per heavy atom. The molecule has 5 heteroatoms. The summed E-state index contributed by atoms with van der Waals surface area (Å²) in [5.74, 6) is -0.193. The van der Waals surface area contributed by atoms with Gasteiger partial charge in [-0.1, -0.05) is 25.5 Å². The SMILES string of the molecule is C[C@@H]1CC2C3CCC4=CC(=O)C=C[C@]4(C)C34OC4C[C@]2(C)C1(O)C(=O)CO. The summed E-state index contributed by atoms with van der Waals surface area (Å²) in [4.78, 5) is 24.5. The standard InChI is InChI=1S/C22H28O5/c1-12-8-16-15-5-4-13-9-14(24)6-7-19(13,2)22(15)18(27-22)10-20(16,3)21(12,26)17(25)11-23/h6-7,9,12,15-16,18,23,26H,4-5,8,10-11H2,1-3H3/t12-,15?,16?,18?,19+,20+,21?,22?/m1/s1. The minimum Gasteiger partial charge on any atom is -0.388 e. The molecule has 4 aliphatic carbocycles. The van der Waals surface area contributed by atoms with Gasteiger partial charge in [-0.05, 0) is 62.5 Å². The average Bonchev–Trinajstić information content (AvgIpc) is 3.31. The lowest BCUT2D eigenvalue weighted by atomic mass is 9.46. The van der Waals surface area contributed by atoms with E-state index >= 15 is 0 Å². The molecule has 0 amide bonds. The molecule has 3 saturated carbocycles. The molecular formula is C22H28O5. The van der Waals surface area contributed by atoms with Crippen molar-refractivity contribution in [2.75, 3.05) is 6.61 Å². The van der Waals surface area contributed by atoms with Crippen LogP contribution in [0.3, 0.4) is 0 Å². The number of rotatable bonds is 2. The third-order valence-corrected chi connectivity index (χ3v) is 9.08. The second-order valence-corrected chi connectivity index (χ2v) is 9.86. The van der Waals surface area contributed by atoms with Gasteiger partial charge in [-0.2, -0.15) is 0 Å². The van der Waals surface area contributed by atoms with Crippen molar-refractivity contribution in [3.8, 4) is 0 Å². The van der Waals surface area contributed by atoms with Crippen LogP contribution in [-0.2, 0) is 14.3 Å². The molecule has 0 bridgehead atoms. The fraction of sp³-hybridized carbons (Fsp3) is 0.727. The van der Waals surface area contributed by atoms with Crippen molar-refractivity contribution in [2.24, 2.45) is 28.6 Å². The molecule has 0 aromatic heterocycles. The van der Waals surface area contributed by atoms with Crippen LogP contribution in [-0.4, -0.2) is 45.7 Å². The van der Waals surface area contributed by atoms with Gasteiger partial charge >= 0.3 is 0 Å². The zero-order chi connectivity index (χ0) is 19.4. The van der Waals surface area contributed by atoms with Gasteiger partial charge in [-0.15, -0.1) is 0 Å². The maximum absolute atomic E-state index is 12.6. The second-order valence-electron chi connectivity index (χ2n) is 9.86. The highest BCUT2D eigenvalue weighted by Gasteiger charge is 2.81. The van der Waals surface area contributed by atoms with Crippen molar-refractivity contribution < 1.29 is 24.5 Å². The first-order valence-corrected chi connectivity index (χ1v) is 10.1. The Bertz CT molecular complexity index is 814. The lowest BCUT2D eigenvalue weighted by Gasteiger charge is -2.55. The van der Waals surface area contributed by atoms with Crippen molar-refractivity contribution in [3.05, 3.63) is 23.8 Å². The summed E-state index contributed by atoms with van der Waals surface area (Å²) in [5.41, 5.74) is -1.55. The third-order valence-electron chi connectivity index (χ3n) is 9.08. The lowest BCUT2D eigenvalue weighted by Crippen LogP contribution is -2.62. The van der Waals surface area contributed by atoms with E-state index in [0.29, 0.717) is 6.42 Å². The molecule has 1 aliphatic heterocycles. The molecule has 5 rings (SSSR count). The highest BCUT2D eigenvalue weighted by molar-refractivity contribution is 6.01. The van der Waals surface area contributed by atoms with E-state index in [2.05, 4.69) is 6.92 Å². The summed E-state index contributed by atoms with van der Waals surface area (Å²) in [7, 11) is 0. The van der Waals surface area contributed by atoms with Crippen LogP contribution in [0.15, 0.2) is 23.8 Å². The van der Waals surface area contributed by atoms with Crippen molar-refractivity contribution in [2.45, 2.75) is 63.8 Å². The number of fused-ring (bicyclic) bond motifs is 3. The van der Waals surface area contributed by atoms with Crippen LogP contribution in [0.1, 0.15) is 46.5 Å². The van der Waals surface area contributed by atoms with Gasteiger partial charge in [0.25, 0.3) is 0 Å². The summed E-state index contributed by atoms with van der Waals surface area (Å²) < 4.78 is 6.43. The topological polar surface area (TPSA) is 87.1 Å². The minimum absolute atomic E-state index is 0.0291. The highest BCUT2D eigenvalue weighted by atomic mass is 16.6. The number of carbonyl (C=O) groups is 2. The summed E-state index contributed by atoms with van der Waals surface area (Å²) in [5, 5.41) is 21.0. The number of hydrogen-bond acceptors (Lipinski definition) is 5. The van der Waals surface area contributed by atoms with E-state index in [0.717, 1.165) is 24.8 Å². The lowest BCUT2D eigenvalue weighted by molar-refractivity contribution is -0.165. The predicted octanol–water partition coefficient (Wildman–Crippen LogP) is 1.96. The maximum atomic E-state index is 12.6. The Morgan fingerprint density at radius 1 is 1.33 bits per heavy atom. The number of carbonyl (C=O) groups excluding carboxylic acids is 2. The molecule has 27 heavy (non-hydrogen) atoms. The number of Topliss-reactive ketones (excluding diaryl/α,β-unsaturated/α-hetero) is 1. The summed E-state index contributed by atoms with van der Waals surface area (Å²) in [6.07, 6.45) is 8.58. The molecule has 1 saturated heterocycles. The molecular weight excluding hydrogens is 344 g/mol. The zero-order valence-corrected chi connectivity index (χ0v) is 16.2. The monoisotopic (exact) mass is 372 g/mol. The van der Waals surface area contributed by atoms with Crippen molar-refractivity contribution in [1.29, 1.82) is 0 Å². The maximum Gasteiger partial charge on any atom is 0.190 e. The van der Waals surface area contributed by atoms with Crippen LogP contribution >= 0.6 is 0 Å². The molecule has 0 aromatic rings. The van der Waals surface area contributed by atoms with Crippen LogP contribution in [0.25, 0.3) is 0 Å². The molecule has 2 N–H and O–H groups in total. The van der Waals surface area contributed by atoms with E-state index < -0.39 is 23.4 Å². The predicted molar refractivity (Wildman–Crippen MR) is 97.7 cm³/mol. The van der Waals surface area contributed by atoms with E-state index in [1.807, 2.05) is 19.9 Å². The number of aliphatic hydroxyl groups is 2. The van der Waals surface area contributed by atoms with Gasteiger partial charge < -0.3 is 14.9 Å². The van der Waals surface area contributed by atoms with E-state index in [1.165, 1.54) is 0 Å². The minimum atomic E-state index is -1.50. The molecule has 4 fully saturated rings. The Hall–Kier alpha value is -1.30. The van der Waals surface area contributed by atoms with Gasteiger partial charge in [0.1, 0.15) is 17.8 Å². The van der Waals surface area contributed by atoms with Gasteiger partial charge in [0, 0.05) is 10.8 Å². The first-order valence-electron chi connectivity index (χ1n) is 10.1. The van der Waals surface area contributed by atoms with Crippen molar-refractivity contribution in [1.82, 2.24) is 0 Å². The van der Waals surface area contributed by atoms with Crippen LogP contribution in [0.2, 0.25) is 0 Å². The summed E-state index contributed by atoms with van der Waals surface area (Å²) in [6.45, 7) is 5.51. The van der Waals surface area contributed by atoms with E-state index in [-0.39, 0.29) is 40.7 Å². The molecule has 0 radical (unpaired) electrons. The van der Waals surface area contributed by atoms with Crippen LogP contribution < -0.4 is 0 Å². The third kappa shape index (κ3) is 1.73. The molecule has 5 nitrogen and oxygen atoms in total. The Labute approximate surface area is 159 Å². The van der Waals surface area contributed by atoms with Gasteiger partial charge in [-0.3, -0.25) is 9.59 Å². The van der Waals surface area contributed by atoms with Crippen molar-refractivity contribution >= 4 is 11.6 Å². The number of allylic oxidation sites excluding steroid dienone is 2. The van der Waals surface area contributed by atoms with E-state index in [9.17, 15) is 19.8 Å². The number of epoxide rings is 1. The molecule has 5 unspecified atom stereocenters. The fourth-order valence-electron chi connectivity index (χ4n) is 7.70. The van der Waals surface area contributed by atoms with E-state index in [4.69, 9.17) is 4.74 Å². The zero-order valence-electron chi connectivity index (χ0n) is 16.2. The number of ketones is 2. The van der Waals surface area contributed by atoms with Gasteiger partial charge in [0.05, 0.1) is 6.10 Å². The van der Waals surface area contributed by atoms with Crippen LogP contribution in [0, 0.1) is 28.6 Å². The summed E-state index contributed by atoms with van der Waals surface area (Å²) >= 11 is 0. The molecule has 0 aromatic carbocycles. The normalized spacial score (nSPS) is 55.1. The molecule has 146 valence electrons. The number of aliphatic hydroxyl groups excluding tert-OH is 1. The number of hydrogen-bond donors (Lipinski definition) is 2. The quantitative estimate of drug-likeness (QED) is 0.724. The van der Waals surface area contributed by atoms with Gasteiger partial charge in [0.2, 0.25) is 0 Å². The number of ether oxygens (including phenoxy) is 1. The van der Waals surface area contributed by atoms with Gasteiger partial charge in [-0.25, -0.2) is 0 Å². The average molecular weight is 372 g/mol. The van der Waals surface area contributed by atoms with E-state index in [1.54, 1.807) is 12.2 Å². The van der Waals surface area contributed by atoms with Gasteiger partial charge in [0.15, 0.2) is 11.6 Å².